The SMILES string of the molecule is Cc1c(C(=O)C(N)=O)c2c(OCC(=O)O)cccc2n1C. The van der Waals surface area contributed by atoms with Crippen molar-refractivity contribution < 1.29 is 24.2 Å². The first kappa shape index (κ1) is 14.6. The van der Waals surface area contributed by atoms with E-state index in [0.29, 0.717) is 16.6 Å². The predicted molar refractivity (Wildman–Crippen MR) is 74.3 cm³/mol. The quantitative estimate of drug-likeness (QED) is 0.619. The molecule has 21 heavy (non-hydrogen) atoms. The van der Waals surface area contributed by atoms with Crippen molar-refractivity contribution in [3.05, 3.63) is 29.5 Å². The first-order valence-corrected chi connectivity index (χ1v) is 6.11. The van der Waals surface area contributed by atoms with Crippen LogP contribution in [-0.4, -0.2) is 33.9 Å². The molecule has 7 heteroatoms. The number of carbonyl (C=O) groups is 3. The van der Waals surface area contributed by atoms with E-state index in [1.54, 1.807) is 36.7 Å². The van der Waals surface area contributed by atoms with Crippen molar-refractivity contribution in [2.24, 2.45) is 12.8 Å². The molecule has 2 rings (SSSR count). The van der Waals surface area contributed by atoms with E-state index in [4.69, 9.17) is 15.6 Å². The summed E-state index contributed by atoms with van der Waals surface area (Å²) < 4.78 is 6.92. The topological polar surface area (TPSA) is 112 Å². The number of aliphatic carboxylic acids is 1. The monoisotopic (exact) mass is 290 g/mol. The Morgan fingerprint density at radius 2 is 2.00 bits per heavy atom. The Hall–Kier alpha value is -2.83. The number of carbonyl (C=O) groups excluding carboxylic acids is 2. The molecule has 2 aromatic rings. The van der Waals surface area contributed by atoms with Crippen molar-refractivity contribution in [1.82, 2.24) is 4.57 Å². The third-order valence-corrected chi connectivity index (χ3v) is 3.28. The Morgan fingerprint density at radius 3 is 2.57 bits per heavy atom. The van der Waals surface area contributed by atoms with Crippen LogP contribution in [0.15, 0.2) is 18.2 Å². The molecular weight excluding hydrogens is 276 g/mol. The second kappa shape index (κ2) is 5.28. The highest BCUT2D eigenvalue weighted by atomic mass is 16.5. The van der Waals surface area contributed by atoms with Crippen molar-refractivity contribution in [2.45, 2.75) is 6.92 Å². The van der Waals surface area contributed by atoms with Gasteiger partial charge >= 0.3 is 5.97 Å². The minimum Gasteiger partial charge on any atom is -0.481 e. The molecule has 3 N–H and O–H groups in total. The molecule has 0 aliphatic carbocycles. The van der Waals surface area contributed by atoms with Gasteiger partial charge in [-0.05, 0) is 19.1 Å². The van der Waals surface area contributed by atoms with Gasteiger partial charge in [0.1, 0.15) is 5.75 Å². The molecule has 0 unspecified atom stereocenters. The van der Waals surface area contributed by atoms with Gasteiger partial charge in [-0.2, -0.15) is 0 Å². The van der Waals surface area contributed by atoms with E-state index in [0.717, 1.165) is 0 Å². The number of nitrogens with zero attached hydrogens (tertiary/aromatic N) is 1. The standard InChI is InChI=1S/C14H14N2O5/c1-7-11(13(19)14(15)20)12-8(16(7)2)4-3-5-9(12)21-6-10(17)18/h3-5H,6H2,1-2H3,(H2,15,20)(H,17,18). The van der Waals surface area contributed by atoms with Gasteiger partial charge in [0.05, 0.1) is 16.5 Å². The fourth-order valence-corrected chi connectivity index (χ4v) is 2.24. The van der Waals surface area contributed by atoms with Crippen LogP contribution in [0.2, 0.25) is 0 Å². The highest BCUT2D eigenvalue weighted by Gasteiger charge is 2.24. The van der Waals surface area contributed by atoms with Crippen LogP contribution in [0, 0.1) is 6.92 Å². The molecule has 0 aliphatic rings. The fraction of sp³-hybridized carbons (Fsp3) is 0.214. The van der Waals surface area contributed by atoms with Gasteiger partial charge < -0.3 is 20.1 Å². The Kier molecular flexibility index (Phi) is 3.66. The molecule has 0 bridgehead atoms. The Balaban J connectivity index is 2.72. The predicted octanol–water partition coefficient (Wildman–Crippen LogP) is 0.618. The summed E-state index contributed by atoms with van der Waals surface area (Å²) in [7, 11) is 1.73. The Labute approximate surface area is 119 Å². The molecular formula is C14H14N2O5. The molecule has 1 aromatic carbocycles. The van der Waals surface area contributed by atoms with Gasteiger partial charge in [0.2, 0.25) is 0 Å². The summed E-state index contributed by atoms with van der Waals surface area (Å²) in [5, 5.41) is 9.09. The second-order valence-electron chi connectivity index (χ2n) is 4.55. The van der Waals surface area contributed by atoms with Crippen molar-refractivity contribution in [3.8, 4) is 5.75 Å². The largest absolute Gasteiger partial charge is 0.481 e. The summed E-state index contributed by atoms with van der Waals surface area (Å²) in [5.41, 5.74) is 6.43. The molecule has 1 aromatic heterocycles. The van der Waals surface area contributed by atoms with Crippen LogP contribution in [0.5, 0.6) is 5.75 Å². The lowest BCUT2D eigenvalue weighted by Gasteiger charge is -2.06. The second-order valence-corrected chi connectivity index (χ2v) is 4.55. The van der Waals surface area contributed by atoms with Crippen LogP contribution in [0.4, 0.5) is 0 Å². The number of fused-ring (bicyclic) bond motifs is 1. The van der Waals surface area contributed by atoms with Crippen molar-refractivity contribution >= 4 is 28.6 Å². The van der Waals surface area contributed by atoms with Gasteiger partial charge in [-0.15, -0.1) is 0 Å². The third-order valence-electron chi connectivity index (χ3n) is 3.28. The Bertz CT molecular complexity index is 760. The summed E-state index contributed by atoms with van der Waals surface area (Å²) >= 11 is 0. The average Bonchev–Trinajstić information content (AvgIpc) is 2.68. The number of ether oxygens (including phenoxy) is 1. The molecule has 0 spiro atoms. The highest BCUT2D eigenvalue weighted by molar-refractivity contribution is 6.45. The van der Waals surface area contributed by atoms with E-state index in [1.165, 1.54) is 0 Å². The number of primary amides is 1. The van der Waals surface area contributed by atoms with E-state index < -0.39 is 24.3 Å². The number of amides is 1. The van der Waals surface area contributed by atoms with Gasteiger partial charge in [0.25, 0.3) is 11.7 Å². The van der Waals surface area contributed by atoms with Crippen molar-refractivity contribution in [3.63, 3.8) is 0 Å². The first-order chi connectivity index (χ1) is 9.84. The lowest BCUT2D eigenvalue weighted by Crippen LogP contribution is -2.23. The fourth-order valence-electron chi connectivity index (χ4n) is 2.24. The average molecular weight is 290 g/mol. The van der Waals surface area contributed by atoms with Gasteiger partial charge in [-0.1, -0.05) is 6.07 Å². The van der Waals surface area contributed by atoms with Crippen LogP contribution in [0.3, 0.4) is 0 Å². The number of benzene rings is 1. The molecule has 1 amide bonds. The van der Waals surface area contributed by atoms with E-state index in [-0.39, 0.29) is 11.3 Å². The molecule has 0 aliphatic heterocycles. The molecule has 1 heterocycles. The zero-order chi connectivity index (χ0) is 15.7. The lowest BCUT2D eigenvalue weighted by molar-refractivity contribution is -0.139. The summed E-state index contributed by atoms with van der Waals surface area (Å²) in [6.07, 6.45) is 0. The van der Waals surface area contributed by atoms with Crippen molar-refractivity contribution in [2.75, 3.05) is 6.61 Å². The number of carboxylic acid groups (broad SMARTS) is 1. The zero-order valence-corrected chi connectivity index (χ0v) is 11.5. The number of ketones is 1. The first-order valence-electron chi connectivity index (χ1n) is 6.11. The number of rotatable bonds is 5. The number of aromatic nitrogens is 1. The number of carboxylic acids is 1. The van der Waals surface area contributed by atoms with E-state index in [1.807, 2.05) is 0 Å². The number of hydrogen-bond acceptors (Lipinski definition) is 4. The van der Waals surface area contributed by atoms with Gasteiger partial charge in [0.15, 0.2) is 6.61 Å². The minimum absolute atomic E-state index is 0.140. The Morgan fingerprint density at radius 1 is 1.33 bits per heavy atom. The van der Waals surface area contributed by atoms with Crippen LogP contribution in [0.1, 0.15) is 16.1 Å². The van der Waals surface area contributed by atoms with Gasteiger partial charge in [0, 0.05) is 12.7 Å². The summed E-state index contributed by atoms with van der Waals surface area (Å²) in [6, 6.07) is 4.97. The lowest BCUT2D eigenvalue weighted by atomic mass is 10.1. The maximum atomic E-state index is 12.0. The molecule has 0 saturated heterocycles. The zero-order valence-electron chi connectivity index (χ0n) is 11.5. The van der Waals surface area contributed by atoms with Crippen LogP contribution < -0.4 is 10.5 Å². The van der Waals surface area contributed by atoms with E-state index in [9.17, 15) is 14.4 Å². The molecule has 7 nitrogen and oxygen atoms in total. The number of hydrogen-bond donors (Lipinski definition) is 2. The molecule has 0 atom stereocenters. The third kappa shape index (κ3) is 2.45. The summed E-state index contributed by atoms with van der Waals surface area (Å²) in [6.45, 7) is 1.13. The number of Topliss-reactive ketones (excluding diaryl/α,β-unsaturated/α-hetero) is 1. The molecule has 110 valence electrons. The molecule has 0 saturated carbocycles. The molecule has 0 radical (unpaired) electrons. The van der Waals surface area contributed by atoms with Crippen LogP contribution in [-0.2, 0) is 16.6 Å². The smallest absolute Gasteiger partial charge is 0.341 e. The number of aryl methyl sites for hydroxylation is 1. The van der Waals surface area contributed by atoms with E-state index in [2.05, 4.69) is 0 Å². The van der Waals surface area contributed by atoms with Crippen LogP contribution in [0.25, 0.3) is 10.9 Å². The normalized spacial score (nSPS) is 10.6. The maximum absolute atomic E-state index is 12.0. The van der Waals surface area contributed by atoms with Crippen molar-refractivity contribution in [1.29, 1.82) is 0 Å². The summed E-state index contributed by atoms with van der Waals surface area (Å²) in [5.74, 6) is -2.81. The highest BCUT2D eigenvalue weighted by Crippen LogP contribution is 2.33. The van der Waals surface area contributed by atoms with E-state index >= 15 is 0 Å². The number of nitrogens with two attached hydrogens (primary N) is 1. The summed E-state index contributed by atoms with van der Waals surface area (Å²) in [4.78, 5) is 33.9. The van der Waals surface area contributed by atoms with Gasteiger partial charge in [-0.25, -0.2) is 4.79 Å². The van der Waals surface area contributed by atoms with Crippen LogP contribution >= 0.6 is 0 Å². The maximum Gasteiger partial charge on any atom is 0.341 e. The molecule has 0 fully saturated rings. The minimum atomic E-state index is -1.14. The van der Waals surface area contributed by atoms with Gasteiger partial charge in [-0.3, -0.25) is 9.59 Å².